The zero-order valence-corrected chi connectivity index (χ0v) is 11.4. The molecular weight excluding hydrogens is 250 g/mol. The normalized spacial score (nSPS) is 16.8. The Balaban J connectivity index is 1.84. The lowest BCUT2D eigenvalue weighted by Gasteiger charge is -2.28. The molecule has 1 aliphatic heterocycles. The zero-order chi connectivity index (χ0) is 13.9. The molecular formula is C17H17NO2. The number of Topliss-reactive ketones (excluding diaryl/α,β-unsaturated/α-hetero) is 1. The summed E-state index contributed by atoms with van der Waals surface area (Å²) in [5.74, 6) is 0.956. The fourth-order valence-electron chi connectivity index (χ4n) is 2.40. The van der Waals surface area contributed by atoms with Crippen LogP contribution >= 0.6 is 0 Å². The molecule has 0 saturated heterocycles. The van der Waals surface area contributed by atoms with Crippen molar-refractivity contribution < 1.29 is 9.53 Å². The minimum Gasteiger partial charge on any atom is -0.482 e. The number of hydrogen-bond donors (Lipinski definition) is 1. The Morgan fingerprint density at radius 1 is 1.25 bits per heavy atom. The monoisotopic (exact) mass is 267 g/mol. The second-order valence-corrected chi connectivity index (χ2v) is 4.89. The standard InChI is InChI=1S/C17H17NO2/c1-2-15(19)13-8-9-16-14(10-13)18-11-17(20-16)12-6-4-3-5-7-12/h3-10,17-18H,2,11H2,1H3. The van der Waals surface area contributed by atoms with Crippen LogP contribution in [0.3, 0.4) is 0 Å². The van der Waals surface area contributed by atoms with Crippen LogP contribution in [-0.2, 0) is 0 Å². The number of rotatable bonds is 3. The molecule has 0 spiro atoms. The van der Waals surface area contributed by atoms with E-state index in [4.69, 9.17) is 4.74 Å². The average Bonchev–Trinajstić information content (AvgIpc) is 2.54. The van der Waals surface area contributed by atoms with E-state index >= 15 is 0 Å². The van der Waals surface area contributed by atoms with Crippen molar-refractivity contribution in [2.45, 2.75) is 19.4 Å². The average molecular weight is 267 g/mol. The lowest BCUT2D eigenvalue weighted by molar-refractivity contribution is 0.0988. The Morgan fingerprint density at radius 3 is 2.80 bits per heavy atom. The Kier molecular flexibility index (Phi) is 3.42. The van der Waals surface area contributed by atoms with E-state index in [1.54, 1.807) is 0 Å². The summed E-state index contributed by atoms with van der Waals surface area (Å²) < 4.78 is 6.01. The Labute approximate surface area is 118 Å². The molecule has 0 aliphatic carbocycles. The molecule has 1 heterocycles. The zero-order valence-electron chi connectivity index (χ0n) is 11.4. The summed E-state index contributed by atoms with van der Waals surface area (Å²) in [5, 5.41) is 3.35. The van der Waals surface area contributed by atoms with E-state index in [2.05, 4.69) is 17.4 Å². The topological polar surface area (TPSA) is 38.3 Å². The van der Waals surface area contributed by atoms with Crippen LogP contribution in [0.15, 0.2) is 48.5 Å². The van der Waals surface area contributed by atoms with Gasteiger partial charge in [-0.3, -0.25) is 4.79 Å². The Bertz CT molecular complexity index is 622. The highest BCUT2D eigenvalue weighted by Gasteiger charge is 2.21. The Hall–Kier alpha value is -2.29. The first kappa shape index (κ1) is 12.7. The fraction of sp³-hybridized carbons (Fsp3) is 0.235. The van der Waals surface area contributed by atoms with E-state index in [1.807, 2.05) is 43.3 Å². The second kappa shape index (κ2) is 5.37. The summed E-state index contributed by atoms with van der Waals surface area (Å²) in [4.78, 5) is 11.7. The summed E-state index contributed by atoms with van der Waals surface area (Å²) in [6.45, 7) is 2.58. The van der Waals surface area contributed by atoms with Crippen molar-refractivity contribution in [1.29, 1.82) is 0 Å². The molecule has 1 N–H and O–H groups in total. The predicted octanol–water partition coefficient (Wildman–Crippen LogP) is 3.82. The number of anilines is 1. The first-order valence-corrected chi connectivity index (χ1v) is 6.90. The lowest BCUT2D eigenvalue weighted by atomic mass is 10.0. The van der Waals surface area contributed by atoms with Gasteiger partial charge in [0, 0.05) is 12.0 Å². The van der Waals surface area contributed by atoms with E-state index in [0.29, 0.717) is 13.0 Å². The van der Waals surface area contributed by atoms with Crippen LogP contribution in [0.5, 0.6) is 5.75 Å². The van der Waals surface area contributed by atoms with Crippen LogP contribution in [0.4, 0.5) is 5.69 Å². The molecule has 3 nitrogen and oxygen atoms in total. The first-order valence-electron chi connectivity index (χ1n) is 6.90. The SMILES string of the molecule is CCC(=O)c1ccc2c(c1)NCC(c1ccccc1)O2. The molecule has 1 unspecified atom stereocenters. The third kappa shape index (κ3) is 2.39. The molecule has 2 aromatic rings. The van der Waals surface area contributed by atoms with Crippen LogP contribution in [0, 0.1) is 0 Å². The van der Waals surface area contributed by atoms with Crippen molar-refractivity contribution >= 4 is 11.5 Å². The van der Waals surface area contributed by atoms with Gasteiger partial charge in [0.2, 0.25) is 0 Å². The van der Waals surface area contributed by atoms with Gasteiger partial charge in [0.05, 0.1) is 12.2 Å². The summed E-state index contributed by atoms with van der Waals surface area (Å²) in [7, 11) is 0. The maximum atomic E-state index is 11.7. The highest BCUT2D eigenvalue weighted by Crippen LogP contribution is 2.34. The highest BCUT2D eigenvalue weighted by atomic mass is 16.5. The van der Waals surface area contributed by atoms with Crippen molar-refractivity contribution in [3.8, 4) is 5.75 Å². The molecule has 3 rings (SSSR count). The molecule has 0 bridgehead atoms. The summed E-state index contributed by atoms with van der Waals surface area (Å²) in [6, 6.07) is 15.7. The number of ketones is 1. The quantitative estimate of drug-likeness (QED) is 0.859. The van der Waals surface area contributed by atoms with Crippen LogP contribution in [0.2, 0.25) is 0 Å². The van der Waals surface area contributed by atoms with Gasteiger partial charge in [-0.25, -0.2) is 0 Å². The van der Waals surface area contributed by atoms with Crippen molar-refractivity contribution in [2.75, 3.05) is 11.9 Å². The molecule has 0 saturated carbocycles. The van der Waals surface area contributed by atoms with Gasteiger partial charge in [0.1, 0.15) is 11.9 Å². The van der Waals surface area contributed by atoms with Gasteiger partial charge in [0.25, 0.3) is 0 Å². The Morgan fingerprint density at radius 2 is 2.05 bits per heavy atom. The highest BCUT2D eigenvalue weighted by molar-refractivity contribution is 5.97. The smallest absolute Gasteiger partial charge is 0.162 e. The van der Waals surface area contributed by atoms with Crippen molar-refractivity contribution in [3.63, 3.8) is 0 Å². The summed E-state index contributed by atoms with van der Waals surface area (Å²) >= 11 is 0. The molecule has 0 amide bonds. The third-order valence-electron chi connectivity index (χ3n) is 3.54. The second-order valence-electron chi connectivity index (χ2n) is 4.89. The van der Waals surface area contributed by atoms with E-state index in [-0.39, 0.29) is 11.9 Å². The van der Waals surface area contributed by atoms with Crippen LogP contribution in [0.1, 0.15) is 35.4 Å². The van der Waals surface area contributed by atoms with Gasteiger partial charge in [-0.15, -0.1) is 0 Å². The number of hydrogen-bond acceptors (Lipinski definition) is 3. The van der Waals surface area contributed by atoms with Crippen molar-refractivity contribution in [3.05, 3.63) is 59.7 Å². The summed E-state index contributed by atoms with van der Waals surface area (Å²) in [6.07, 6.45) is 0.531. The first-order chi connectivity index (χ1) is 9.78. The van der Waals surface area contributed by atoms with Gasteiger partial charge in [-0.05, 0) is 23.8 Å². The lowest BCUT2D eigenvalue weighted by Crippen LogP contribution is -2.23. The molecule has 102 valence electrons. The van der Waals surface area contributed by atoms with Crippen molar-refractivity contribution in [1.82, 2.24) is 0 Å². The minimum atomic E-state index is 0.0106. The van der Waals surface area contributed by atoms with Gasteiger partial charge < -0.3 is 10.1 Å². The van der Waals surface area contributed by atoms with Crippen LogP contribution < -0.4 is 10.1 Å². The fourth-order valence-corrected chi connectivity index (χ4v) is 2.40. The molecule has 1 atom stereocenters. The molecule has 20 heavy (non-hydrogen) atoms. The molecule has 0 fully saturated rings. The predicted molar refractivity (Wildman–Crippen MR) is 79.4 cm³/mol. The molecule has 2 aromatic carbocycles. The largest absolute Gasteiger partial charge is 0.482 e. The molecule has 0 aromatic heterocycles. The molecule has 3 heteroatoms. The van der Waals surface area contributed by atoms with E-state index in [1.165, 1.54) is 0 Å². The number of fused-ring (bicyclic) bond motifs is 1. The van der Waals surface area contributed by atoms with Crippen LogP contribution in [0.25, 0.3) is 0 Å². The van der Waals surface area contributed by atoms with Gasteiger partial charge in [0.15, 0.2) is 5.78 Å². The maximum absolute atomic E-state index is 11.7. The van der Waals surface area contributed by atoms with Gasteiger partial charge in [-0.2, -0.15) is 0 Å². The number of carbonyl (C=O) groups excluding carboxylic acids is 1. The van der Waals surface area contributed by atoms with Crippen LogP contribution in [-0.4, -0.2) is 12.3 Å². The maximum Gasteiger partial charge on any atom is 0.162 e. The number of carbonyl (C=O) groups is 1. The van der Waals surface area contributed by atoms with Crippen molar-refractivity contribution in [2.24, 2.45) is 0 Å². The van der Waals surface area contributed by atoms with Gasteiger partial charge in [-0.1, -0.05) is 37.3 Å². The molecule has 0 radical (unpaired) electrons. The van der Waals surface area contributed by atoms with Gasteiger partial charge >= 0.3 is 0 Å². The van der Waals surface area contributed by atoms with E-state index in [0.717, 1.165) is 22.6 Å². The summed E-state index contributed by atoms with van der Waals surface area (Å²) in [5.41, 5.74) is 2.79. The minimum absolute atomic E-state index is 0.0106. The van der Waals surface area contributed by atoms with E-state index < -0.39 is 0 Å². The third-order valence-corrected chi connectivity index (χ3v) is 3.54. The van der Waals surface area contributed by atoms with E-state index in [9.17, 15) is 4.79 Å². The molecule has 1 aliphatic rings. The number of ether oxygens (including phenoxy) is 1. The number of nitrogens with one attached hydrogen (secondary N) is 1. The number of benzene rings is 2.